The van der Waals surface area contributed by atoms with Crippen molar-refractivity contribution in [1.29, 1.82) is 0 Å². The van der Waals surface area contributed by atoms with Gasteiger partial charge in [-0.3, -0.25) is 4.79 Å². The maximum Gasteiger partial charge on any atom is 0.262 e. The second-order valence-corrected chi connectivity index (χ2v) is 10.3. The number of aryl methyl sites for hydroxylation is 3. The summed E-state index contributed by atoms with van der Waals surface area (Å²) in [6.45, 7) is 5.14. The number of imidazole rings is 1. The van der Waals surface area contributed by atoms with Gasteiger partial charge in [-0.2, -0.15) is 4.31 Å². The number of sulfonamides is 1. The monoisotopic (exact) mass is 446 g/mol. The van der Waals surface area contributed by atoms with Crippen LogP contribution in [0.4, 0.5) is 5.69 Å². The molecule has 0 radical (unpaired) electrons. The molecule has 9 heteroatoms. The van der Waals surface area contributed by atoms with E-state index in [0.29, 0.717) is 38.3 Å². The summed E-state index contributed by atoms with van der Waals surface area (Å²) < 4.78 is 34.6. The van der Waals surface area contributed by atoms with Crippen LogP contribution in [0.3, 0.4) is 0 Å². The number of aromatic nitrogens is 2. The summed E-state index contributed by atoms with van der Waals surface area (Å²) in [5, 5.41) is 0.0717. The van der Waals surface area contributed by atoms with Crippen LogP contribution in [0, 0.1) is 19.8 Å². The summed E-state index contributed by atoms with van der Waals surface area (Å²) >= 11 is 0. The normalized spacial score (nSPS) is 18.1. The molecule has 2 aromatic rings. The first-order chi connectivity index (χ1) is 14.7. The number of benzene rings is 1. The van der Waals surface area contributed by atoms with Gasteiger partial charge in [0.15, 0.2) is 5.03 Å². The summed E-state index contributed by atoms with van der Waals surface area (Å²) in [5.41, 5.74) is 3.22. The first kappa shape index (κ1) is 21.8. The van der Waals surface area contributed by atoms with E-state index in [1.54, 1.807) is 31.8 Å². The standard InChI is InChI=1S/C22H30N4O4S/c1-15-7-8-19(30-4)21-18(15)6-5-11-26(21)22(27)17-9-12-25(13-10-17)31(28,29)20-14-24(3)16(2)23-20/h7-8,14,17H,5-6,9-13H2,1-4H3. The number of amides is 1. The smallest absolute Gasteiger partial charge is 0.262 e. The lowest BCUT2D eigenvalue weighted by Gasteiger charge is -2.36. The van der Waals surface area contributed by atoms with Crippen LogP contribution >= 0.6 is 0 Å². The highest BCUT2D eigenvalue weighted by Gasteiger charge is 2.37. The molecule has 1 amide bonds. The number of anilines is 1. The van der Waals surface area contributed by atoms with Crippen LogP contribution in [-0.4, -0.2) is 54.9 Å². The molecular formula is C22H30N4O4S. The molecule has 0 N–H and O–H groups in total. The van der Waals surface area contributed by atoms with Crippen molar-refractivity contribution < 1.29 is 17.9 Å². The van der Waals surface area contributed by atoms with Crippen LogP contribution in [0.2, 0.25) is 0 Å². The molecule has 2 aliphatic rings. The maximum absolute atomic E-state index is 13.5. The molecule has 0 unspecified atom stereocenters. The number of ether oxygens (including phenoxy) is 1. The molecular weight excluding hydrogens is 416 g/mol. The number of rotatable bonds is 4. The summed E-state index contributed by atoms with van der Waals surface area (Å²) in [7, 11) is -0.240. The average Bonchev–Trinajstić information content (AvgIpc) is 3.12. The van der Waals surface area contributed by atoms with Crippen molar-refractivity contribution in [3.8, 4) is 5.75 Å². The van der Waals surface area contributed by atoms with Gasteiger partial charge in [0.1, 0.15) is 11.6 Å². The van der Waals surface area contributed by atoms with E-state index < -0.39 is 10.0 Å². The van der Waals surface area contributed by atoms with Crippen LogP contribution in [0.5, 0.6) is 5.75 Å². The number of carbonyl (C=O) groups is 1. The van der Waals surface area contributed by atoms with Crippen molar-refractivity contribution in [3.05, 3.63) is 35.3 Å². The second-order valence-electron chi connectivity index (χ2n) is 8.42. The van der Waals surface area contributed by atoms with Gasteiger partial charge in [-0.25, -0.2) is 13.4 Å². The molecule has 3 heterocycles. The minimum Gasteiger partial charge on any atom is -0.495 e. The number of fused-ring (bicyclic) bond motifs is 1. The zero-order valence-corrected chi connectivity index (χ0v) is 19.4. The molecule has 8 nitrogen and oxygen atoms in total. The van der Waals surface area contributed by atoms with E-state index in [9.17, 15) is 13.2 Å². The molecule has 1 aromatic carbocycles. The van der Waals surface area contributed by atoms with E-state index in [-0.39, 0.29) is 16.9 Å². The van der Waals surface area contributed by atoms with Crippen LogP contribution in [0.1, 0.15) is 36.2 Å². The van der Waals surface area contributed by atoms with E-state index in [0.717, 1.165) is 24.3 Å². The molecule has 2 aliphatic heterocycles. The minimum absolute atomic E-state index is 0.0654. The minimum atomic E-state index is -3.65. The van der Waals surface area contributed by atoms with E-state index in [1.165, 1.54) is 15.4 Å². The summed E-state index contributed by atoms with van der Waals surface area (Å²) in [4.78, 5) is 19.5. The van der Waals surface area contributed by atoms with Gasteiger partial charge in [0.05, 0.1) is 12.8 Å². The predicted octanol–water partition coefficient (Wildman–Crippen LogP) is 2.43. The lowest BCUT2D eigenvalue weighted by molar-refractivity contribution is -0.123. The Morgan fingerprint density at radius 1 is 1.16 bits per heavy atom. The van der Waals surface area contributed by atoms with Gasteiger partial charge >= 0.3 is 0 Å². The molecule has 31 heavy (non-hydrogen) atoms. The maximum atomic E-state index is 13.5. The SMILES string of the molecule is COc1ccc(C)c2c1N(C(=O)C1CCN(S(=O)(=O)c3cn(C)c(C)n3)CC1)CCC2. The van der Waals surface area contributed by atoms with Gasteiger partial charge in [0, 0.05) is 38.8 Å². The fraction of sp³-hybridized carbons (Fsp3) is 0.545. The fourth-order valence-corrected chi connectivity index (χ4v) is 6.08. The Kier molecular flexibility index (Phi) is 5.83. The first-order valence-corrected chi connectivity index (χ1v) is 12.2. The first-order valence-electron chi connectivity index (χ1n) is 10.7. The van der Waals surface area contributed by atoms with Gasteiger partial charge in [-0.05, 0) is 56.7 Å². The quantitative estimate of drug-likeness (QED) is 0.720. The molecule has 0 atom stereocenters. The van der Waals surface area contributed by atoms with Crippen molar-refractivity contribution in [2.45, 2.75) is 44.6 Å². The Balaban J connectivity index is 1.51. The Bertz CT molecular complexity index is 1080. The predicted molar refractivity (Wildman–Crippen MR) is 118 cm³/mol. The third-order valence-electron chi connectivity index (χ3n) is 6.54. The molecule has 1 fully saturated rings. The largest absolute Gasteiger partial charge is 0.495 e. The van der Waals surface area contributed by atoms with Crippen LogP contribution in [0.25, 0.3) is 0 Å². The van der Waals surface area contributed by atoms with Gasteiger partial charge in [0.2, 0.25) is 5.91 Å². The van der Waals surface area contributed by atoms with Gasteiger partial charge < -0.3 is 14.2 Å². The zero-order chi connectivity index (χ0) is 22.3. The number of nitrogens with zero attached hydrogens (tertiary/aromatic N) is 4. The molecule has 0 bridgehead atoms. The van der Waals surface area contributed by atoms with E-state index >= 15 is 0 Å². The number of hydrogen-bond acceptors (Lipinski definition) is 5. The third kappa shape index (κ3) is 3.85. The lowest BCUT2D eigenvalue weighted by atomic mass is 9.92. The Morgan fingerprint density at radius 2 is 1.87 bits per heavy atom. The van der Waals surface area contributed by atoms with E-state index in [4.69, 9.17) is 4.74 Å². The highest BCUT2D eigenvalue weighted by atomic mass is 32.2. The third-order valence-corrected chi connectivity index (χ3v) is 8.31. The van der Waals surface area contributed by atoms with Crippen LogP contribution in [0.15, 0.2) is 23.4 Å². The van der Waals surface area contributed by atoms with Crippen molar-refractivity contribution in [2.75, 3.05) is 31.6 Å². The number of methoxy groups -OCH3 is 1. The summed E-state index contributed by atoms with van der Waals surface area (Å²) in [6.07, 6.45) is 4.40. The highest BCUT2D eigenvalue weighted by Crippen LogP contribution is 2.39. The number of piperidine rings is 1. The van der Waals surface area contributed by atoms with Crippen molar-refractivity contribution >= 4 is 21.6 Å². The van der Waals surface area contributed by atoms with Crippen molar-refractivity contribution in [1.82, 2.24) is 13.9 Å². The fourth-order valence-electron chi connectivity index (χ4n) is 4.58. The van der Waals surface area contributed by atoms with E-state index in [2.05, 4.69) is 11.9 Å². The Hall–Kier alpha value is -2.39. The molecule has 4 rings (SSSR count). The molecule has 0 spiro atoms. The number of hydrogen-bond donors (Lipinski definition) is 0. The Morgan fingerprint density at radius 3 is 2.48 bits per heavy atom. The average molecular weight is 447 g/mol. The second kappa shape index (κ2) is 8.27. The zero-order valence-electron chi connectivity index (χ0n) is 18.6. The summed E-state index contributed by atoms with van der Waals surface area (Å²) in [6, 6.07) is 3.96. The summed E-state index contributed by atoms with van der Waals surface area (Å²) in [5.74, 6) is 1.24. The van der Waals surface area contributed by atoms with Gasteiger partial charge in [0.25, 0.3) is 10.0 Å². The van der Waals surface area contributed by atoms with Crippen molar-refractivity contribution in [2.24, 2.45) is 13.0 Å². The topological polar surface area (TPSA) is 84.7 Å². The molecule has 1 aromatic heterocycles. The van der Waals surface area contributed by atoms with Gasteiger partial charge in [-0.1, -0.05) is 6.07 Å². The lowest BCUT2D eigenvalue weighted by Crippen LogP contribution is -2.46. The van der Waals surface area contributed by atoms with Crippen LogP contribution < -0.4 is 9.64 Å². The van der Waals surface area contributed by atoms with E-state index in [1.807, 2.05) is 17.0 Å². The molecule has 0 saturated carbocycles. The molecule has 168 valence electrons. The number of carbonyl (C=O) groups excluding carboxylic acids is 1. The molecule has 0 aliphatic carbocycles. The molecule has 1 saturated heterocycles. The van der Waals surface area contributed by atoms with Crippen molar-refractivity contribution in [3.63, 3.8) is 0 Å². The Labute approximate surface area is 183 Å². The van der Waals surface area contributed by atoms with Gasteiger partial charge in [-0.15, -0.1) is 0 Å². The highest BCUT2D eigenvalue weighted by molar-refractivity contribution is 7.89. The van der Waals surface area contributed by atoms with Crippen LogP contribution in [-0.2, 0) is 28.3 Å².